The first kappa shape index (κ1) is 24.7. The summed E-state index contributed by atoms with van der Waals surface area (Å²) in [5, 5.41) is 18.6. The van der Waals surface area contributed by atoms with Crippen molar-refractivity contribution in [3.63, 3.8) is 0 Å². The van der Waals surface area contributed by atoms with Gasteiger partial charge in [0.2, 0.25) is 0 Å². The molecule has 1 atom stereocenters. The van der Waals surface area contributed by atoms with E-state index in [1.807, 2.05) is 6.07 Å². The van der Waals surface area contributed by atoms with E-state index in [9.17, 15) is 18.4 Å². The highest BCUT2D eigenvalue weighted by Gasteiger charge is 2.30. The highest BCUT2D eigenvalue weighted by molar-refractivity contribution is 6.30. The van der Waals surface area contributed by atoms with E-state index in [1.165, 1.54) is 12.1 Å². The van der Waals surface area contributed by atoms with Gasteiger partial charge in [0.1, 0.15) is 11.7 Å². The molecular formula is C23H21ClF2N6O2. The van der Waals surface area contributed by atoms with Crippen LogP contribution in [0, 0.1) is 11.3 Å². The molecule has 1 heterocycles. The van der Waals surface area contributed by atoms with Crippen LogP contribution in [0.4, 0.5) is 19.3 Å². The van der Waals surface area contributed by atoms with Crippen molar-refractivity contribution in [2.45, 2.75) is 32.4 Å². The fourth-order valence-electron chi connectivity index (χ4n) is 3.44. The molecule has 0 radical (unpaired) electrons. The van der Waals surface area contributed by atoms with Gasteiger partial charge in [-0.3, -0.25) is 9.48 Å². The Morgan fingerprint density at radius 3 is 2.50 bits per heavy atom. The van der Waals surface area contributed by atoms with Crippen LogP contribution in [0.5, 0.6) is 0 Å². The second kappa shape index (κ2) is 10.8. The van der Waals surface area contributed by atoms with Crippen LogP contribution >= 0.6 is 11.6 Å². The van der Waals surface area contributed by atoms with Gasteiger partial charge >= 0.3 is 6.03 Å². The summed E-state index contributed by atoms with van der Waals surface area (Å²) in [6, 6.07) is 12.5. The SMILES string of the molecule is CCC(C(F)F)n1nc(-c2cccc(Cl)c2)c(C(N)=O)c1CNC(=O)Nc1ccc(C#N)cc1. The number of amides is 3. The molecule has 0 saturated heterocycles. The molecule has 3 aromatic rings. The monoisotopic (exact) mass is 486 g/mol. The summed E-state index contributed by atoms with van der Waals surface area (Å²) in [7, 11) is 0. The Kier molecular flexibility index (Phi) is 7.81. The minimum atomic E-state index is -2.77. The van der Waals surface area contributed by atoms with Crippen LogP contribution in [-0.2, 0) is 6.54 Å². The van der Waals surface area contributed by atoms with Crippen molar-refractivity contribution in [1.29, 1.82) is 5.26 Å². The second-order valence-corrected chi connectivity index (χ2v) is 7.73. The molecule has 0 aliphatic rings. The predicted molar refractivity (Wildman–Crippen MR) is 124 cm³/mol. The number of nitriles is 1. The zero-order chi connectivity index (χ0) is 24.8. The van der Waals surface area contributed by atoms with Crippen molar-refractivity contribution in [2.75, 3.05) is 5.32 Å². The van der Waals surface area contributed by atoms with Crippen LogP contribution in [0.25, 0.3) is 11.3 Å². The van der Waals surface area contributed by atoms with Gasteiger partial charge in [-0.15, -0.1) is 0 Å². The van der Waals surface area contributed by atoms with E-state index >= 15 is 0 Å². The molecule has 0 bridgehead atoms. The maximum Gasteiger partial charge on any atom is 0.319 e. The number of carbonyl (C=O) groups excluding carboxylic acids is 2. The van der Waals surface area contributed by atoms with Gasteiger partial charge in [0.25, 0.3) is 12.3 Å². The van der Waals surface area contributed by atoms with Gasteiger partial charge in [0, 0.05) is 16.3 Å². The van der Waals surface area contributed by atoms with Crippen LogP contribution < -0.4 is 16.4 Å². The number of aromatic nitrogens is 2. The van der Waals surface area contributed by atoms with E-state index in [1.54, 1.807) is 43.3 Å². The zero-order valence-electron chi connectivity index (χ0n) is 18.1. The largest absolute Gasteiger partial charge is 0.365 e. The van der Waals surface area contributed by atoms with Crippen molar-refractivity contribution < 1.29 is 18.4 Å². The lowest BCUT2D eigenvalue weighted by Crippen LogP contribution is -2.31. The third-order valence-corrected chi connectivity index (χ3v) is 5.30. The maximum atomic E-state index is 13.8. The molecule has 2 aromatic carbocycles. The first-order valence-electron chi connectivity index (χ1n) is 10.2. The lowest BCUT2D eigenvalue weighted by Gasteiger charge is -2.18. The number of nitrogens with one attached hydrogen (secondary N) is 2. The van der Waals surface area contributed by atoms with Gasteiger partial charge in [0.15, 0.2) is 0 Å². The number of hydrogen-bond donors (Lipinski definition) is 3. The van der Waals surface area contributed by atoms with Crippen LogP contribution in [-0.4, -0.2) is 28.1 Å². The number of carbonyl (C=O) groups is 2. The lowest BCUT2D eigenvalue weighted by molar-refractivity contribution is 0.0725. The molecular weight excluding hydrogens is 466 g/mol. The van der Waals surface area contributed by atoms with Gasteiger partial charge in [-0.2, -0.15) is 10.4 Å². The summed E-state index contributed by atoms with van der Waals surface area (Å²) >= 11 is 6.06. The first-order chi connectivity index (χ1) is 16.2. The fourth-order valence-corrected chi connectivity index (χ4v) is 3.63. The summed E-state index contributed by atoms with van der Waals surface area (Å²) in [6.07, 6.45) is -2.75. The summed E-state index contributed by atoms with van der Waals surface area (Å²) in [5.74, 6) is -0.880. The van der Waals surface area contributed by atoms with Crippen LogP contribution in [0.1, 0.15) is 41.0 Å². The van der Waals surface area contributed by atoms with Crippen LogP contribution in [0.3, 0.4) is 0 Å². The average molecular weight is 487 g/mol. The Morgan fingerprint density at radius 1 is 1.24 bits per heavy atom. The number of urea groups is 1. The van der Waals surface area contributed by atoms with Crippen LogP contribution in [0.15, 0.2) is 48.5 Å². The van der Waals surface area contributed by atoms with Crippen molar-refractivity contribution in [2.24, 2.45) is 5.73 Å². The zero-order valence-corrected chi connectivity index (χ0v) is 18.8. The molecule has 3 rings (SSSR count). The van der Waals surface area contributed by atoms with Crippen molar-refractivity contribution in [1.82, 2.24) is 15.1 Å². The molecule has 1 aromatic heterocycles. The standard InChI is InChI=1S/C23H21ClF2N6O2/c1-2-17(21(25)26)32-18(12-29-23(34)30-16-8-6-13(11-27)7-9-16)19(22(28)33)20(31-32)14-4-3-5-15(24)10-14/h3-10,17,21H,2,12H2,1H3,(H2,28,33)(H2,29,30,34). The van der Waals surface area contributed by atoms with E-state index in [0.717, 1.165) is 4.68 Å². The van der Waals surface area contributed by atoms with E-state index in [0.29, 0.717) is 21.8 Å². The molecule has 1 unspecified atom stereocenters. The minimum Gasteiger partial charge on any atom is -0.365 e. The van der Waals surface area contributed by atoms with Crippen LogP contribution in [0.2, 0.25) is 5.02 Å². The molecule has 8 nitrogen and oxygen atoms in total. The maximum absolute atomic E-state index is 13.8. The Labute approximate surface area is 199 Å². The molecule has 0 saturated carbocycles. The number of rotatable bonds is 8. The van der Waals surface area contributed by atoms with E-state index < -0.39 is 24.4 Å². The Hall–Kier alpha value is -3.97. The topological polar surface area (TPSA) is 126 Å². The van der Waals surface area contributed by atoms with Gasteiger partial charge < -0.3 is 16.4 Å². The molecule has 0 aliphatic heterocycles. The third kappa shape index (κ3) is 5.50. The van der Waals surface area contributed by atoms with Gasteiger partial charge in [-0.05, 0) is 42.8 Å². The third-order valence-electron chi connectivity index (χ3n) is 5.07. The van der Waals surface area contributed by atoms with E-state index in [2.05, 4.69) is 15.7 Å². The summed E-state index contributed by atoms with van der Waals surface area (Å²) < 4.78 is 28.6. The summed E-state index contributed by atoms with van der Waals surface area (Å²) in [4.78, 5) is 24.8. The summed E-state index contributed by atoms with van der Waals surface area (Å²) in [5.41, 5.74) is 6.93. The number of anilines is 1. The Morgan fingerprint density at radius 2 is 1.94 bits per heavy atom. The lowest BCUT2D eigenvalue weighted by atomic mass is 10.0. The summed E-state index contributed by atoms with van der Waals surface area (Å²) in [6.45, 7) is 1.27. The molecule has 34 heavy (non-hydrogen) atoms. The number of primary amides is 1. The van der Waals surface area contributed by atoms with E-state index in [-0.39, 0.29) is 29.9 Å². The van der Waals surface area contributed by atoms with E-state index in [4.69, 9.17) is 22.6 Å². The molecule has 11 heteroatoms. The fraction of sp³-hybridized carbons (Fsp3) is 0.217. The van der Waals surface area contributed by atoms with Crippen molar-refractivity contribution in [3.8, 4) is 17.3 Å². The molecule has 0 fully saturated rings. The second-order valence-electron chi connectivity index (χ2n) is 7.30. The Bertz CT molecular complexity index is 1240. The molecule has 0 aliphatic carbocycles. The number of hydrogen-bond acceptors (Lipinski definition) is 4. The highest BCUT2D eigenvalue weighted by atomic mass is 35.5. The number of nitrogens with zero attached hydrogens (tertiary/aromatic N) is 3. The number of halogens is 3. The number of nitrogens with two attached hydrogens (primary N) is 1. The van der Waals surface area contributed by atoms with Gasteiger partial charge in [0.05, 0.1) is 29.4 Å². The molecule has 0 spiro atoms. The Balaban J connectivity index is 1.97. The van der Waals surface area contributed by atoms with Gasteiger partial charge in [-0.25, -0.2) is 13.6 Å². The smallest absolute Gasteiger partial charge is 0.319 e. The molecule has 3 amide bonds. The van der Waals surface area contributed by atoms with Crippen molar-refractivity contribution >= 4 is 29.2 Å². The molecule has 4 N–H and O–H groups in total. The minimum absolute atomic E-state index is 0.0248. The highest BCUT2D eigenvalue weighted by Crippen LogP contribution is 2.31. The molecule has 176 valence electrons. The van der Waals surface area contributed by atoms with Gasteiger partial charge in [-0.1, -0.05) is 30.7 Å². The first-order valence-corrected chi connectivity index (χ1v) is 10.6. The quantitative estimate of drug-likeness (QED) is 0.426. The van der Waals surface area contributed by atoms with Crippen molar-refractivity contribution in [3.05, 3.63) is 70.4 Å². The normalized spacial score (nSPS) is 11.6. The number of alkyl halides is 2. The average Bonchev–Trinajstić information content (AvgIpc) is 3.18. The predicted octanol–water partition coefficient (Wildman–Crippen LogP) is 4.71. The number of benzene rings is 2.